The molecule has 0 saturated heterocycles. The van der Waals surface area contributed by atoms with Gasteiger partial charge in [-0.05, 0) is 24.3 Å². The predicted octanol–water partition coefficient (Wildman–Crippen LogP) is 2.96. The van der Waals surface area contributed by atoms with E-state index in [9.17, 15) is 18.4 Å². The highest BCUT2D eigenvalue weighted by atomic mass is 19.1. The largest absolute Gasteiger partial charge is 0.386 e. The number of hydrogen-bond donors (Lipinski definition) is 0. The van der Waals surface area contributed by atoms with Gasteiger partial charge in [-0.1, -0.05) is 24.3 Å². The second kappa shape index (κ2) is 5.39. The predicted molar refractivity (Wildman–Crippen MR) is 62.5 cm³/mol. The number of halogens is 2. The van der Waals surface area contributed by atoms with Gasteiger partial charge in [0.25, 0.3) is 0 Å². The third-order valence-corrected chi connectivity index (χ3v) is 2.37. The van der Waals surface area contributed by atoms with Gasteiger partial charge < -0.3 is 4.74 Å². The van der Waals surface area contributed by atoms with Gasteiger partial charge in [-0.2, -0.15) is 0 Å². The number of carbonyl (C=O) groups is 2. The summed E-state index contributed by atoms with van der Waals surface area (Å²) in [6.07, 6.45) is 0. The fourth-order valence-corrected chi connectivity index (χ4v) is 1.45. The summed E-state index contributed by atoms with van der Waals surface area (Å²) < 4.78 is 31.0. The van der Waals surface area contributed by atoms with Crippen LogP contribution in [0.1, 0.15) is 20.7 Å². The van der Waals surface area contributed by atoms with Crippen LogP contribution in [0, 0.1) is 11.6 Å². The van der Waals surface area contributed by atoms with Crippen molar-refractivity contribution in [1.82, 2.24) is 0 Å². The van der Waals surface area contributed by atoms with Crippen LogP contribution in [-0.4, -0.2) is 11.9 Å². The maximum Gasteiger partial charge on any atom is 0.349 e. The van der Waals surface area contributed by atoms with E-state index < -0.39 is 23.6 Å². The molecule has 0 atom stereocenters. The number of benzene rings is 2. The molecular weight excluding hydrogens is 254 g/mol. The van der Waals surface area contributed by atoms with E-state index in [-0.39, 0.29) is 11.1 Å². The smallest absolute Gasteiger partial charge is 0.349 e. The van der Waals surface area contributed by atoms with Gasteiger partial charge >= 0.3 is 11.9 Å². The lowest BCUT2D eigenvalue weighted by atomic mass is 10.2. The first kappa shape index (κ1) is 12.9. The number of carbonyl (C=O) groups excluding carboxylic acids is 2. The van der Waals surface area contributed by atoms with Gasteiger partial charge in [0.15, 0.2) is 0 Å². The van der Waals surface area contributed by atoms with Crippen LogP contribution in [-0.2, 0) is 4.74 Å². The van der Waals surface area contributed by atoms with Crippen LogP contribution < -0.4 is 0 Å². The first-order chi connectivity index (χ1) is 9.09. The Hall–Kier alpha value is -2.56. The Kier molecular flexibility index (Phi) is 3.66. The zero-order chi connectivity index (χ0) is 13.8. The van der Waals surface area contributed by atoms with Crippen molar-refractivity contribution in [2.75, 3.05) is 0 Å². The summed E-state index contributed by atoms with van der Waals surface area (Å²) in [5, 5.41) is 0. The second-order valence-electron chi connectivity index (χ2n) is 3.64. The molecule has 0 N–H and O–H groups in total. The van der Waals surface area contributed by atoms with Crippen molar-refractivity contribution in [1.29, 1.82) is 0 Å². The number of rotatable bonds is 2. The summed E-state index contributed by atoms with van der Waals surface area (Å²) in [4.78, 5) is 23.1. The molecule has 0 bridgehead atoms. The van der Waals surface area contributed by atoms with Crippen molar-refractivity contribution in [2.45, 2.75) is 0 Å². The van der Waals surface area contributed by atoms with E-state index in [1.165, 1.54) is 36.4 Å². The fourth-order valence-electron chi connectivity index (χ4n) is 1.45. The van der Waals surface area contributed by atoms with E-state index in [1.807, 2.05) is 0 Å². The van der Waals surface area contributed by atoms with Gasteiger partial charge in [-0.15, -0.1) is 0 Å². The molecule has 0 unspecified atom stereocenters. The Morgan fingerprint density at radius 3 is 1.47 bits per heavy atom. The Morgan fingerprint density at radius 2 is 1.11 bits per heavy atom. The maximum absolute atomic E-state index is 13.3. The molecule has 0 spiro atoms. The van der Waals surface area contributed by atoms with Gasteiger partial charge in [0.2, 0.25) is 0 Å². The summed E-state index contributed by atoms with van der Waals surface area (Å²) in [7, 11) is 0. The Labute approximate surface area is 107 Å². The van der Waals surface area contributed by atoms with Crippen molar-refractivity contribution in [3.8, 4) is 0 Å². The molecule has 0 radical (unpaired) electrons. The topological polar surface area (TPSA) is 43.4 Å². The zero-order valence-corrected chi connectivity index (χ0v) is 9.60. The first-order valence-corrected chi connectivity index (χ1v) is 5.35. The molecule has 0 heterocycles. The van der Waals surface area contributed by atoms with E-state index >= 15 is 0 Å². The van der Waals surface area contributed by atoms with Gasteiger partial charge in [0, 0.05) is 0 Å². The lowest BCUT2D eigenvalue weighted by molar-refractivity contribution is 0.0392. The second-order valence-corrected chi connectivity index (χ2v) is 3.64. The van der Waals surface area contributed by atoms with Gasteiger partial charge in [-0.25, -0.2) is 18.4 Å². The Bertz CT molecular complexity index is 583. The van der Waals surface area contributed by atoms with Crippen LogP contribution >= 0.6 is 0 Å². The molecule has 5 heteroatoms. The van der Waals surface area contributed by atoms with Gasteiger partial charge in [0.05, 0.1) is 11.1 Å². The van der Waals surface area contributed by atoms with Crippen LogP contribution in [0.2, 0.25) is 0 Å². The minimum absolute atomic E-state index is 0.382. The highest BCUT2D eigenvalue weighted by molar-refractivity contribution is 6.02. The fraction of sp³-hybridized carbons (Fsp3) is 0. The average Bonchev–Trinajstić information content (AvgIpc) is 2.39. The van der Waals surface area contributed by atoms with Crippen LogP contribution in [0.15, 0.2) is 48.5 Å². The molecule has 0 aliphatic heterocycles. The Morgan fingerprint density at radius 1 is 0.737 bits per heavy atom. The first-order valence-electron chi connectivity index (χ1n) is 5.35. The van der Waals surface area contributed by atoms with E-state index in [0.29, 0.717) is 0 Å². The van der Waals surface area contributed by atoms with Crippen molar-refractivity contribution < 1.29 is 23.1 Å². The van der Waals surface area contributed by atoms with Crippen molar-refractivity contribution >= 4 is 11.9 Å². The highest BCUT2D eigenvalue weighted by Gasteiger charge is 2.19. The quantitative estimate of drug-likeness (QED) is 0.617. The number of hydrogen-bond acceptors (Lipinski definition) is 3. The SMILES string of the molecule is O=C(OC(=O)c1ccccc1F)c1ccccc1F. The summed E-state index contributed by atoms with van der Waals surface area (Å²) in [5.41, 5.74) is -0.764. The van der Waals surface area contributed by atoms with E-state index in [2.05, 4.69) is 4.74 Å². The molecule has 0 fully saturated rings. The molecule has 0 aliphatic rings. The normalized spacial score (nSPS) is 10.0. The monoisotopic (exact) mass is 262 g/mol. The summed E-state index contributed by atoms with van der Waals surface area (Å²) in [6, 6.07) is 10.1. The zero-order valence-electron chi connectivity index (χ0n) is 9.60. The average molecular weight is 262 g/mol. The molecule has 19 heavy (non-hydrogen) atoms. The lowest BCUT2D eigenvalue weighted by Gasteiger charge is -2.04. The van der Waals surface area contributed by atoms with Crippen molar-refractivity contribution in [3.63, 3.8) is 0 Å². The molecule has 3 nitrogen and oxygen atoms in total. The van der Waals surface area contributed by atoms with Gasteiger partial charge in [-0.3, -0.25) is 0 Å². The molecule has 96 valence electrons. The van der Waals surface area contributed by atoms with Gasteiger partial charge in [0.1, 0.15) is 11.6 Å². The van der Waals surface area contributed by atoms with E-state index in [4.69, 9.17) is 0 Å². The van der Waals surface area contributed by atoms with Crippen LogP contribution in [0.25, 0.3) is 0 Å². The minimum atomic E-state index is -1.16. The molecule has 2 aromatic rings. The summed E-state index contributed by atoms with van der Waals surface area (Å²) in [5.74, 6) is -3.94. The molecular formula is C14H8F2O3. The molecule has 0 aliphatic carbocycles. The lowest BCUT2D eigenvalue weighted by Crippen LogP contribution is -2.15. The molecule has 2 rings (SSSR count). The third-order valence-electron chi connectivity index (χ3n) is 2.37. The summed E-state index contributed by atoms with van der Waals surface area (Å²) >= 11 is 0. The Balaban J connectivity index is 2.19. The molecule has 0 saturated carbocycles. The van der Waals surface area contributed by atoms with Crippen molar-refractivity contribution in [2.24, 2.45) is 0 Å². The molecule has 0 aromatic heterocycles. The molecule has 2 aromatic carbocycles. The highest BCUT2D eigenvalue weighted by Crippen LogP contribution is 2.12. The molecule has 0 amide bonds. The van der Waals surface area contributed by atoms with Crippen LogP contribution in [0.5, 0.6) is 0 Å². The minimum Gasteiger partial charge on any atom is -0.386 e. The maximum atomic E-state index is 13.3. The van der Waals surface area contributed by atoms with Crippen LogP contribution in [0.3, 0.4) is 0 Å². The summed E-state index contributed by atoms with van der Waals surface area (Å²) in [6.45, 7) is 0. The van der Waals surface area contributed by atoms with Crippen molar-refractivity contribution in [3.05, 3.63) is 71.3 Å². The number of esters is 2. The van der Waals surface area contributed by atoms with Crippen LogP contribution in [0.4, 0.5) is 8.78 Å². The number of ether oxygens (including phenoxy) is 1. The third kappa shape index (κ3) is 2.82. The van der Waals surface area contributed by atoms with E-state index in [1.54, 1.807) is 0 Å². The standard InChI is InChI=1S/C14H8F2O3/c15-11-7-3-1-5-9(11)13(17)19-14(18)10-6-2-4-8-12(10)16/h1-8H. The van der Waals surface area contributed by atoms with E-state index in [0.717, 1.165) is 12.1 Å².